The predicted molar refractivity (Wildman–Crippen MR) is 148 cm³/mol. The first kappa shape index (κ1) is 28.3. The van der Waals surface area contributed by atoms with Gasteiger partial charge in [0, 0.05) is 24.1 Å². The molecule has 5 rings (SSSR count). The van der Waals surface area contributed by atoms with Crippen molar-refractivity contribution >= 4 is 17.5 Å². The van der Waals surface area contributed by atoms with Gasteiger partial charge in [0.15, 0.2) is 11.5 Å². The van der Waals surface area contributed by atoms with E-state index in [0.717, 1.165) is 50.0 Å². The molecule has 1 saturated heterocycles. The number of piperidine rings is 1. The number of halogens is 4. The number of nitrogens with one attached hydrogen (secondary N) is 1. The number of amides is 1. The molecule has 1 fully saturated rings. The molecule has 1 unspecified atom stereocenters. The van der Waals surface area contributed by atoms with E-state index in [1.165, 1.54) is 12.1 Å². The first-order valence-electron chi connectivity index (χ1n) is 13.5. The molecule has 3 aromatic rings. The summed E-state index contributed by atoms with van der Waals surface area (Å²) in [5.74, 6) is -0.264. The average molecular weight is 573 g/mol. The van der Waals surface area contributed by atoms with E-state index in [-0.39, 0.29) is 17.9 Å². The Labute approximate surface area is 237 Å². The van der Waals surface area contributed by atoms with Gasteiger partial charge in [0.25, 0.3) is 11.7 Å². The zero-order chi connectivity index (χ0) is 28.5. The number of para-hydroxylation sites is 2. The summed E-state index contributed by atoms with van der Waals surface area (Å²) in [6.07, 6.45) is -2.17. The van der Waals surface area contributed by atoms with Crippen LogP contribution in [0, 0.1) is 12.8 Å². The molecule has 40 heavy (non-hydrogen) atoms. The zero-order valence-electron chi connectivity index (χ0n) is 22.4. The van der Waals surface area contributed by atoms with Crippen LogP contribution in [0.4, 0.5) is 13.2 Å². The van der Waals surface area contributed by atoms with Crippen LogP contribution >= 0.6 is 11.6 Å². The summed E-state index contributed by atoms with van der Waals surface area (Å²) < 4.78 is 52.5. The molecule has 1 atom stereocenters. The number of carbonyl (C=O) groups excluding carboxylic acids is 1. The van der Waals surface area contributed by atoms with Crippen LogP contribution in [0.5, 0.6) is 11.5 Å². The summed E-state index contributed by atoms with van der Waals surface area (Å²) in [6.45, 7) is 6.06. The normalized spacial score (nSPS) is 17.9. The molecular formula is C31H32ClF3N2O3. The summed E-state index contributed by atoms with van der Waals surface area (Å²) in [5.41, 5.74) is 1.20. The van der Waals surface area contributed by atoms with Gasteiger partial charge in [0.05, 0.1) is 16.1 Å². The van der Waals surface area contributed by atoms with Crippen LogP contribution < -0.4 is 14.8 Å². The molecule has 2 aliphatic rings. The van der Waals surface area contributed by atoms with Crippen molar-refractivity contribution in [1.29, 1.82) is 0 Å². The highest BCUT2D eigenvalue weighted by Crippen LogP contribution is 2.50. The maximum Gasteiger partial charge on any atom is 0.416 e. The largest absolute Gasteiger partial charge is 0.444 e. The van der Waals surface area contributed by atoms with Crippen LogP contribution in [0.2, 0.25) is 5.02 Å². The van der Waals surface area contributed by atoms with Crippen LogP contribution in [0.3, 0.4) is 0 Å². The number of benzene rings is 3. The van der Waals surface area contributed by atoms with Crippen molar-refractivity contribution in [3.63, 3.8) is 0 Å². The van der Waals surface area contributed by atoms with Gasteiger partial charge in [-0.25, -0.2) is 0 Å². The number of hydrogen-bond donors (Lipinski definition) is 1. The molecule has 0 spiro atoms. The van der Waals surface area contributed by atoms with Crippen molar-refractivity contribution in [2.75, 3.05) is 19.6 Å². The Balaban J connectivity index is 1.23. The van der Waals surface area contributed by atoms with E-state index in [1.807, 2.05) is 43.3 Å². The summed E-state index contributed by atoms with van der Waals surface area (Å²) in [5, 5.41) is 3.42. The topological polar surface area (TPSA) is 50.8 Å². The number of alkyl halides is 3. The number of likely N-dealkylation sites (tertiary alicyclic amines) is 1. The maximum absolute atomic E-state index is 13.2. The second-order valence-corrected chi connectivity index (χ2v) is 10.9. The lowest BCUT2D eigenvalue weighted by Gasteiger charge is -2.42. The van der Waals surface area contributed by atoms with Crippen molar-refractivity contribution in [2.45, 2.75) is 51.1 Å². The van der Waals surface area contributed by atoms with Gasteiger partial charge in [-0.1, -0.05) is 48.0 Å². The van der Waals surface area contributed by atoms with Gasteiger partial charge in [-0.3, -0.25) is 4.79 Å². The number of aryl methyl sites for hydroxylation is 1. The summed E-state index contributed by atoms with van der Waals surface area (Å²) in [7, 11) is 0. The number of fused-ring (bicyclic) bond motifs is 1. The first-order chi connectivity index (χ1) is 19.1. The number of carbonyl (C=O) groups is 1. The highest BCUT2D eigenvalue weighted by Gasteiger charge is 2.51. The van der Waals surface area contributed by atoms with Crippen LogP contribution in [0.25, 0.3) is 0 Å². The molecule has 212 valence electrons. The molecule has 0 radical (unpaired) electrons. The molecule has 1 amide bonds. The lowest BCUT2D eigenvalue weighted by atomic mass is 9.83. The van der Waals surface area contributed by atoms with E-state index in [0.29, 0.717) is 34.2 Å². The smallest absolute Gasteiger partial charge is 0.416 e. The Hall–Kier alpha value is -3.23. The van der Waals surface area contributed by atoms with Crippen LogP contribution in [0.1, 0.15) is 53.2 Å². The molecule has 2 aliphatic heterocycles. The minimum Gasteiger partial charge on any atom is -0.444 e. The van der Waals surface area contributed by atoms with Crippen molar-refractivity contribution < 1.29 is 27.4 Å². The Bertz CT molecular complexity index is 1310. The van der Waals surface area contributed by atoms with E-state index >= 15 is 0 Å². The highest BCUT2D eigenvalue weighted by molar-refractivity contribution is 6.34. The van der Waals surface area contributed by atoms with Gasteiger partial charge in [0.2, 0.25) is 0 Å². The fraction of sp³-hybridized carbons (Fsp3) is 0.387. The third-order valence-electron chi connectivity index (χ3n) is 7.97. The predicted octanol–water partition coefficient (Wildman–Crippen LogP) is 7.21. The molecule has 3 aromatic carbocycles. The van der Waals surface area contributed by atoms with E-state index in [2.05, 4.69) is 17.1 Å². The van der Waals surface area contributed by atoms with Crippen molar-refractivity contribution in [2.24, 2.45) is 5.92 Å². The van der Waals surface area contributed by atoms with Crippen LogP contribution in [-0.4, -0.2) is 36.5 Å². The van der Waals surface area contributed by atoms with Crippen molar-refractivity contribution in [3.8, 4) is 11.5 Å². The lowest BCUT2D eigenvalue weighted by molar-refractivity contribution is -0.150. The highest BCUT2D eigenvalue weighted by atomic mass is 35.5. The number of rotatable bonds is 7. The Morgan fingerprint density at radius 2 is 1.65 bits per heavy atom. The first-order valence-corrected chi connectivity index (χ1v) is 13.9. The minimum absolute atomic E-state index is 0.0667. The number of hydrogen-bond acceptors (Lipinski definition) is 4. The third-order valence-corrected chi connectivity index (χ3v) is 8.29. The van der Waals surface area contributed by atoms with Gasteiger partial charge in [-0.05, 0) is 82.1 Å². The van der Waals surface area contributed by atoms with Gasteiger partial charge in [-0.15, -0.1) is 0 Å². The van der Waals surface area contributed by atoms with Crippen molar-refractivity contribution in [1.82, 2.24) is 10.2 Å². The SMILES string of the molecule is Cc1cccc(Cl)c1C(=O)NCCC(C)N1CCC(C2(c3ccc(C(F)(F)F)cc3)Oc3ccccc3O2)CC1. The summed E-state index contributed by atoms with van der Waals surface area (Å²) in [4.78, 5) is 15.0. The summed E-state index contributed by atoms with van der Waals surface area (Å²) >= 11 is 6.23. The lowest BCUT2D eigenvalue weighted by Crippen LogP contribution is -2.50. The van der Waals surface area contributed by atoms with Crippen LogP contribution in [-0.2, 0) is 12.0 Å². The molecule has 0 aliphatic carbocycles. The van der Waals surface area contributed by atoms with E-state index in [9.17, 15) is 18.0 Å². The zero-order valence-corrected chi connectivity index (χ0v) is 23.2. The maximum atomic E-state index is 13.2. The fourth-order valence-electron chi connectivity index (χ4n) is 5.68. The van der Waals surface area contributed by atoms with E-state index in [4.69, 9.17) is 21.1 Å². The van der Waals surface area contributed by atoms with Gasteiger partial charge in [-0.2, -0.15) is 13.2 Å². The Morgan fingerprint density at radius 3 is 2.23 bits per heavy atom. The van der Waals surface area contributed by atoms with E-state index in [1.54, 1.807) is 6.07 Å². The molecule has 0 bridgehead atoms. The van der Waals surface area contributed by atoms with Crippen molar-refractivity contribution in [3.05, 3.63) is 94.0 Å². The molecule has 0 saturated carbocycles. The Morgan fingerprint density at radius 1 is 1.02 bits per heavy atom. The molecule has 0 aromatic heterocycles. The second-order valence-electron chi connectivity index (χ2n) is 10.5. The molecule has 2 heterocycles. The van der Waals surface area contributed by atoms with Crippen LogP contribution in [0.15, 0.2) is 66.7 Å². The fourth-order valence-corrected chi connectivity index (χ4v) is 5.99. The standard InChI is InChI=1S/C31H32ClF3N2O3/c1-20-6-5-7-25(32)28(20)29(38)36-17-14-21(2)37-18-15-23(16-19-37)30(39-26-8-3-4-9-27(26)40-30)22-10-12-24(13-11-22)31(33,34)35/h3-13,21,23H,14-19H2,1-2H3,(H,36,38). The third kappa shape index (κ3) is 5.65. The Kier molecular flexibility index (Phi) is 8.02. The van der Waals surface area contributed by atoms with E-state index < -0.39 is 17.5 Å². The van der Waals surface area contributed by atoms with Gasteiger partial charge >= 0.3 is 6.18 Å². The monoisotopic (exact) mass is 572 g/mol. The molecular weight excluding hydrogens is 541 g/mol. The van der Waals surface area contributed by atoms with Gasteiger partial charge in [0.1, 0.15) is 0 Å². The summed E-state index contributed by atoms with van der Waals surface area (Å²) in [6, 6.07) is 18.0. The number of nitrogens with zero attached hydrogens (tertiary/aromatic N) is 1. The molecule has 1 N–H and O–H groups in total. The minimum atomic E-state index is -4.42. The second kappa shape index (κ2) is 11.3. The molecule has 9 heteroatoms. The number of ether oxygens (including phenoxy) is 2. The van der Waals surface area contributed by atoms with Gasteiger partial charge < -0.3 is 19.7 Å². The average Bonchev–Trinajstić information content (AvgIpc) is 3.33. The quantitative estimate of drug-likeness (QED) is 0.325. The molecule has 5 nitrogen and oxygen atoms in total.